The van der Waals surface area contributed by atoms with E-state index < -0.39 is 195 Å². The van der Waals surface area contributed by atoms with Gasteiger partial charge in [0.25, 0.3) is 5.91 Å². The highest BCUT2D eigenvalue weighted by atomic mass is 19.4. The summed E-state index contributed by atoms with van der Waals surface area (Å²) in [7, 11) is 2.48. The van der Waals surface area contributed by atoms with Crippen LogP contribution < -0.4 is 11.2 Å². The normalized spacial score (nSPS) is 21.0. The Bertz CT molecular complexity index is 3900. The Hall–Kier alpha value is -8.31. The van der Waals surface area contributed by atoms with E-state index in [9.17, 15) is 129 Å². The van der Waals surface area contributed by atoms with Crippen molar-refractivity contribution in [1.29, 1.82) is 0 Å². The molecule has 19 nitrogen and oxygen atoms in total. The number of alkyl halides is 21. The Kier molecular flexibility index (Phi) is 39.5. The molecule has 117 heavy (non-hydrogen) atoms. The molecular formula is C73H83F25N4O15. The lowest BCUT2D eigenvalue weighted by Crippen LogP contribution is -2.50. The second-order valence-electron chi connectivity index (χ2n) is 26.1. The first-order valence-corrected chi connectivity index (χ1v) is 33.5. The summed E-state index contributed by atoms with van der Waals surface area (Å²) in [6.07, 6.45) is -43.7. The Labute approximate surface area is 652 Å². The molecule has 0 spiro atoms. The van der Waals surface area contributed by atoms with Gasteiger partial charge in [-0.05, 0) is 82.9 Å². The number of hydrogen-bond acceptors (Lipinski definition) is 18. The number of aryl methyl sites for hydroxylation is 4. The molecule has 4 aliphatic heterocycles. The van der Waals surface area contributed by atoms with Gasteiger partial charge in [0.15, 0.2) is 48.5 Å². The molecule has 11 atom stereocenters. The summed E-state index contributed by atoms with van der Waals surface area (Å²) in [5, 5.41) is 21.7. The summed E-state index contributed by atoms with van der Waals surface area (Å²) < 4.78 is 350. The van der Waals surface area contributed by atoms with Gasteiger partial charge in [-0.25, -0.2) is 27.4 Å². The van der Waals surface area contributed by atoms with Gasteiger partial charge in [0.2, 0.25) is 0 Å². The molecule has 1 amide bonds. The SMILES string of the molecule is C=C[C@H](OCC(=NO)c1cccc(C)c1F)C(F)(F)F.C=C[C@H](OCC(=O)N(C)OC)C(F)(F)F.C=C[C@H](OCC(=O)OC(C)(C)C)C(F)(F)F.C=C[C@H](OCC(=O)c1cccc(C)c1F)C(F)(F)F.Cc1cccc([C@]2(N)CO[C@H](C(F)(F)F)[C@H]2CO)c1F.Cc1cccc([C@]23CO[C@H](C(F)(F)F)[C@H]2CON3)c1F.FC(F)(F)[C@@H]1CO1. The first-order chi connectivity index (χ1) is 53.6. The number of hydroxylamine groups is 3. The van der Waals surface area contributed by atoms with Crippen molar-refractivity contribution >= 4 is 23.4 Å². The van der Waals surface area contributed by atoms with Crippen LogP contribution in [0.3, 0.4) is 0 Å². The number of epoxide rings is 1. The molecule has 0 radical (unpaired) electrons. The molecule has 8 rings (SSSR count). The van der Waals surface area contributed by atoms with E-state index in [1.54, 1.807) is 39.8 Å². The number of aliphatic hydroxyl groups is 1. The van der Waals surface area contributed by atoms with Gasteiger partial charge in [0.1, 0.15) is 59.9 Å². The minimum Gasteiger partial charge on any atom is -0.458 e. The number of amides is 1. The number of ether oxygens (including phenoxy) is 8. The van der Waals surface area contributed by atoms with Crippen LogP contribution in [0, 0.1) is 62.8 Å². The number of benzene rings is 4. The van der Waals surface area contributed by atoms with Gasteiger partial charge in [-0.3, -0.25) is 14.4 Å². The maximum Gasteiger partial charge on any atom is 0.418 e. The van der Waals surface area contributed by atoms with Gasteiger partial charge < -0.3 is 58.8 Å². The van der Waals surface area contributed by atoms with Crippen LogP contribution in [-0.2, 0) is 68.2 Å². The van der Waals surface area contributed by atoms with Crippen molar-refractivity contribution in [3.05, 3.63) is 191 Å². The van der Waals surface area contributed by atoms with Crippen molar-refractivity contribution in [1.82, 2.24) is 10.5 Å². The van der Waals surface area contributed by atoms with Gasteiger partial charge in [0.05, 0.1) is 57.9 Å². The first kappa shape index (κ1) is 105. The van der Waals surface area contributed by atoms with Crippen LogP contribution in [0.25, 0.3) is 0 Å². The second kappa shape index (κ2) is 44.1. The van der Waals surface area contributed by atoms with E-state index in [1.807, 2.05) is 0 Å². The van der Waals surface area contributed by atoms with Crippen LogP contribution >= 0.6 is 0 Å². The average Bonchev–Trinajstić information content (AvgIpc) is 1.58. The number of Topliss-reactive ketones (excluding diaryl/α,β-unsaturated/α-hetero) is 1. The van der Waals surface area contributed by atoms with Gasteiger partial charge in [-0.1, -0.05) is 90.1 Å². The lowest BCUT2D eigenvalue weighted by atomic mass is 9.78. The maximum absolute atomic E-state index is 14.3. The fraction of sp³-hybridized carbons (Fsp3) is 0.507. The first-order valence-electron chi connectivity index (χ1n) is 33.5. The summed E-state index contributed by atoms with van der Waals surface area (Å²) in [6, 6.07) is 17.3. The third-order valence-electron chi connectivity index (χ3n) is 16.3. The summed E-state index contributed by atoms with van der Waals surface area (Å²) in [4.78, 5) is 43.1. The Morgan fingerprint density at radius 3 is 1.32 bits per heavy atom. The number of carbonyl (C=O) groups excluding carboxylic acids is 3. The van der Waals surface area contributed by atoms with Gasteiger partial charge in [-0.2, -0.15) is 97.7 Å². The number of likely N-dealkylation sites (N-methyl/N-ethyl adjacent to an activating group) is 1. The third-order valence-corrected chi connectivity index (χ3v) is 16.3. The molecule has 0 bridgehead atoms. The summed E-state index contributed by atoms with van der Waals surface area (Å²) >= 11 is 0. The van der Waals surface area contributed by atoms with Crippen molar-refractivity contribution in [2.24, 2.45) is 22.7 Å². The minimum atomic E-state index is -4.66. The zero-order valence-corrected chi connectivity index (χ0v) is 63.2. The number of carbonyl (C=O) groups is 3. The van der Waals surface area contributed by atoms with E-state index in [0.717, 1.165) is 5.06 Å². The number of nitrogens with two attached hydrogens (primary N) is 1. The molecule has 5 N–H and O–H groups in total. The van der Waals surface area contributed by atoms with E-state index in [2.05, 4.69) is 65.5 Å². The minimum absolute atomic E-state index is 0.0664. The maximum atomic E-state index is 14.3. The quantitative estimate of drug-likeness (QED) is 0.00836. The van der Waals surface area contributed by atoms with Crippen LogP contribution in [0.2, 0.25) is 0 Å². The van der Waals surface area contributed by atoms with Crippen LogP contribution in [0.15, 0.2) is 129 Å². The van der Waals surface area contributed by atoms with E-state index in [0.29, 0.717) is 29.9 Å². The fourth-order valence-corrected chi connectivity index (χ4v) is 10.1. The number of ketones is 1. The summed E-state index contributed by atoms with van der Waals surface area (Å²) in [5.41, 5.74) is 5.32. The van der Waals surface area contributed by atoms with E-state index in [4.69, 9.17) is 30.0 Å². The summed E-state index contributed by atoms with van der Waals surface area (Å²) in [6.45, 7) is 17.8. The van der Waals surface area contributed by atoms with E-state index >= 15 is 0 Å². The van der Waals surface area contributed by atoms with Crippen molar-refractivity contribution < 1.29 is 182 Å². The number of nitrogens with one attached hydrogen (secondary N) is 1. The number of fused-ring (bicyclic) bond motifs is 1. The molecule has 0 aromatic heterocycles. The molecule has 4 fully saturated rings. The van der Waals surface area contributed by atoms with Crippen LogP contribution in [-0.4, -0.2) is 204 Å². The Morgan fingerprint density at radius 1 is 0.556 bits per heavy atom. The predicted molar refractivity (Wildman–Crippen MR) is 365 cm³/mol. The molecule has 44 heteroatoms. The number of halogens is 25. The molecule has 4 heterocycles. The fourth-order valence-electron chi connectivity index (χ4n) is 10.1. The van der Waals surface area contributed by atoms with Gasteiger partial charge in [0, 0.05) is 35.6 Å². The van der Waals surface area contributed by atoms with Crippen molar-refractivity contribution in [3.63, 3.8) is 0 Å². The standard InChI is InChI=1S/C13H13F4NO2.C13H15F4NO2.C13H13F4NO2.C13H12F4O2.C10H15F3O3.C8H12F3NO3.C3H3F3O/c1-7-3-2-4-8(10(7)14)12-6-19-11(13(15,16)17)9(12)5-20-18-12;1-7-3-2-4-8(10(7)14)12(18)6-20-11(9(12)5-19)13(15,16)17;1-3-11(13(15,16)17)20-7-10(18-19)9-6-4-5-8(2)12(9)14;1-3-11(13(15,16)17)19-7-10(18)9-6-4-5-8(2)12(9)14;1-5-7(10(11,12)13)15-6-8(14)16-9(2,3)4;1-4-6(8(9,10)11)15-5-7(13)12(2)14-3;4-3(5,6)2-1-7-2/h2-4,9,11,18H,5-6H2,1H3;2-4,9,11,19H,5-6,18H2,1H3;3-6,11,19H,1,7H2,2H3;3-6,11H,1,7H2,2H3;5,7H,1,6H2,2-4H3;4,6H,1,5H2,2-3H3;2H,1H2/t2*9-,11+,12-;2*11-;7-;6-;2-/m1100000/s1. The molecule has 0 aliphatic carbocycles. The van der Waals surface area contributed by atoms with Crippen LogP contribution in [0.4, 0.5) is 110 Å². The topological polar surface area (TPSA) is 241 Å². The largest absolute Gasteiger partial charge is 0.458 e. The molecule has 0 saturated carbocycles. The van der Waals surface area contributed by atoms with Crippen molar-refractivity contribution in [2.75, 3.05) is 73.6 Å². The van der Waals surface area contributed by atoms with Gasteiger partial charge >= 0.3 is 49.2 Å². The highest BCUT2D eigenvalue weighted by molar-refractivity contribution is 6.01. The molecule has 4 aliphatic rings. The Morgan fingerprint density at radius 2 is 0.940 bits per heavy atom. The lowest BCUT2D eigenvalue weighted by molar-refractivity contribution is -0.219. The molecule has 4 aromatic carbocycles. The average molecular weight is 1730 g/mol. The number of hydrogen-bond donors (Lipinski definition) is 4. The summed E-state index contributed by atoms with van der Waals surface area (Å²) in [5.74, 6) is -7.47. The predicted octanol–water partition coefficient (Wildman–Crippen LogP) is 15.7. The van der Waals surface area contributed by atoms with E-state index in [-0.39, 0.29) is 64.5 Å². The monoisotopic (exact) mass is 1730 g/mol. The number of esters is 1. The lowest BCUT2D eigenvalue weighted by Gasteiger charge is -2.32. The molecule has 4 aromatic rings. The van der Waals surface area contributed by atoms with Crippen LogP contribution in [0.5, 0.6) is 0 Å². The smallest absolute Gasteiger partial charge is 0.418 e. The zero-order valence-electron chi connectivity index (χ0n) is 63.2. The number of oxime groups is 1. The molecule has 4 saturated heterocycles. The highest BCUT2D eigenvalue weighted by Gasteiger charge is 2.64. The van der Waals surface area contributed by atoms with Crippen molar-refractivity contribution in [2.45, 2.75) is 151 Å². The van der Waals surface area contributed by atoms with Crippen LogP contribution in [0.1, 0.15) is 70.1 Å². The second-order valence-corrected chi connectivity index (χ2v) is 26.1. The zero-order chi connectivity index (χ0) is 90.2. The van der Waals surface area contributed by atoms with E-state index in [1.165, 1.54) is 95.6 Å². The molecular weight excluding hydrogens is 1650 g/mol. The third kappa shape index (κ3) is 31.7. The molecule has 660 valence electrons. The van der Waals surface area contributed by atoms with Crippen molar-refractivity contribution in [3.8, 4) is 0 Å². The Balaban J connectivity index is 0.000000469. The highest BCUT2D eigenvalue weighted by Crippen LogP contribution is 2.49. The number of nitrogens with zero attached hydrogens (tertiary/aromatic N) is 2. The molecule has 0 unspecified atom stereocenters. The number of aliphatic hydroxyl groups excluding tert-OH is 1. The van der Waals surface area contributed by atoms with Gasteiger partial charge in [-0.15, -0.1) is 26.3 Å². The number of rotatable bonds is 22.